The van der Waals surface area contributed by atoms with E-state index in [-0.39, 0.29) is 12.2 Å². The van der Waals surface area contributed by atoms with Gasteiger partial charge in [-0.1, -0.05) is 68.0 Å². The van der Waals surface area contributed by atoms with E-state index in [1.807, 2.05) is 30.3 Å². The van der Waals surface area contributed by atoms with E-state index in [2.05, 4.69) is 19.1 Å². The summed E-state index contributed by atoms with van der Waals surface area (Å²) in [5.41, 5.74) is 2.01. The minimum absolute atomic E-state index is 0.134. The fourth-order valence-electron chi connectivity index (χ4n) is 4.42. The van der Waals surface area contributed by atoms with Crippen LogP contribution in [0.2, 0.25) is 0 Å². The van der Waals surface area contributed by atoms with Gasteiger partial charge in [-0.3, -0.25) is 0 Å². The van der Waals surface area contributed by atoms with Crippen molar-refractivity contribution >= 4 is 0 Å². The van der Waals surface area contributed by atoms with Crippen molar-refractivity contribution in [3.63, 3.8) is 0 Å². The first-order chi connectivity index (χ1) is 16.6. The Bertz CT molecular complexity index is 866. The van der Waals surface area contributed by atoms with Crippen molar-refractivity contribution in [1.82, 2.24) is 0 Å². The predicted octanol–water partition coefficient (Wildman–Crippen LogP) is 8.58. The molecule has 0 aliphatic heterocycles. The average Bonchev–Trinajstić information content (AvgIpc) is 2.87. The van der Waals surface area contributed by atoms with Crippen molar-refractivity contribution in [2.75, 3.05) is 6.61 Å². The standard InChI is InChI=1S/C30H38F2O2/c1-2-3-5-9-25-12-14-26(15-13-25)16-17-27-18-20-29(21-19-27)30(31,32)34-23-8-22-33-24-28-10-6-4-7-11-28/h4-11,18-21,23,25-26H,2-3,12-17,22,24H2,1H3/b9-5+,23-8+. The topological polar surface area (TPSA) is 18.5 Å². The van der Waals surface area contributed by atoms with Crippen LogP contribution >= 0.6 is 0 Å². The van der Waals surface area contributed by atoms with Crippen LogP contribution in [0.15, 0.2) is 79.1 Å². The van der Waals surface area contributed by atoms with Crippen LogP contribution in [-0.4, -0.2) is 6.61 Å². The second kappa shape index (κ2) is 14.1. The molecule has 0 spiro atoms. The molecule has 0 aromatic heterocycles. The molecular weight excluding hydrogens is 430 g/mol. The normalized spacial score (nSPS) is 19.1. The van der Waals surface area contributed by atoms with Gasteiger partial charge in [0.15, 0.2) is 0 Å². The molecule has 1 aliphatic rings. The molecule has 2 aromatic rings. The van der Waals surface area contributed by atoms with Crippen molar-refractivity contribution in [3.05, 3.63) is 95.8 Å². The van der Waals surface area contributed by atoms with Crippen molar-refractivity contribution < 1.29 is 18.3 Å². The zero-order valence-electron chi connectivity index (χ0n) is 20.3. The summed E-state index contributed by atoms with van der Waals surface area (Å²) in [5.74, 6) is 1.49. The lowest BCUT2D eigenvalue weighted by atomic mass is 9.79. The lowest BCUT2D eigenvalue weighted by Crippen LogP contribution is -2.15. The lowest BCUT2D eigenvalue weighted by Gasteiger charge is -2.26. The van der Waals surface area contributed by atoms with Gasteiger partial charge in [0.05, 0.1) is 25.0 Å². The van der Waals surface area contributed by atoms with Gasteiger partial charge in [0.2, 0.25) is 0 Å². The summed E-state index contributed by atoms with van der Waals surface area (Å²) in [5, 5.41) is 0. The highest BCUT2D eigenvalue weighted by molar-refractivity contribution is 5.25. The quantitative estimate of drug-likeness (QED) is 0.166. The highest BCUT2D eigenvalue weighted by Crippen LogP contribution is 2.33. The molecule has 0 atom stereocenters. The van der Waals surface area contributed by atoms with Gasteiger partial charge in [-0.15, -0.1) is 0 Å². The monoisotopic (exact) mass is 468 g/mol. The molecule has 1 saturated carbocycles. The van der Waals surface area contributed by atoms with E-state index in [1.54, 1.807) is 12.1 Å². The minimum Gasteiger partial charge on any atom is -0.437 e. The van der Waals surface area contributed by atoms with E-state index in [9.17, 15) is 8.78 Å². The van der Waals surface area contributed by atoms with Gasteiger partial charge in [-0.2, -0.15) is 8.78 Å². The van der Waals surface area contributed by atoms with E-state index in [0.29, 0.717) is 6.61 Å². The van der Waals surface area contributed by atoms with E-state index < -0.39 is 6.11 Å². The van der Waals surface area contributed by atoms with Crippen LogP contribution in [0.1, 0.15) is 68.6 Å². The van der Waals surface area contributed by atoms with Crippen molar-refractivity contribution in [1.29, 1.82) is 0 Å². The highest BCUT2D eigenvalue weighted by atomic mass is 19.3. The van der Waals surface area contributed by atoms with Crippen molar-refractivity contribution in [3.8, 4) is 0 Å². The molecule has 0 amide bonds. The van der Waals surface area contributed by atoms with Crippen LogP contribution in [0.25, 0.3) is 0 Å². The second-order valence-corrected chi connectivity index (χ2v) is 9.24. The number of hydrogen-bond donors (Lipinski definition) is 0. The van der Waals surface area contributed by atoms with E-state index in [0.717, 1.165) is 42.1 Å². The third-order valence-corrected chi connectivity index (χ3v) is 6.52. The fraction of sp³-hybridized carbons (Fsp3) is 0.467. The maximum absolute atomic E-state index is 14.4. The van der Waals surface area contributed by atoms with Crippen LogP contribution in [0.3, 0.4) is 0 Å². The SMILES string of the molecule is CCC/C=C/C1CCC(CCc2ccc(C(F)(F)O/C=C/COCc3ccccc3)cc2)CC1. The minimum atomic E-state index is -3.36. The van der Waals surface area contributed by atoms with E-state index in [4.69, 9.17) is 9.47 Å². The van der Waals surface area contributed by atoms with Gasteiger partial charge < -0.3 is 9.47 Å². The van der Waals surface area contributed by atoms with Crippen LogP contribution in [0.4, 0.5) is 8.78 Å². The van der Waals surface area contributed by atoms with Gasteiger partial charge in [-0.05, 0) is 86.1 Å². The summed E-state index contributed by atoms with van der Waals surface area (Å²) in [6, 6.07) is 16.3. The molecule has 34 heavy (non-hydrogen) atoms. The maximum Gasteiger partial charge on any atom is 0.426 e. The summed E-state index contributed by atoms with van der Waals surface area (Å²) < 4.78 is 38.9. The molecule has 0 saturated heterocycles. The van der Waals surface area contributed by atoms with Gasteiger partial charge >= 0.3 is 6.11 Å². The Kier molecular flexibility index (Phi) is 10.8. The number of aryl methyl sites for hydroxylation is 1. The first kappa shape index (κ1) is 26.2. The average molecular weight is 469 g/mol. The molecular formula is C30H38F2O2. The molecule has 0 bridgehead atoms. The van der Waals surface area contributed by atoms with Crippen LogP contribution in [-0.2, 0) is 28.6 Å². The lowest BCUT2D eigenvalue weighted by molar-refractivity contribution is -0.214. The van der Waals surface area contributed by atoms with Crippen molar-refractivity contribution in [2.45, 2.75) is 71.0 Å². The van der Waals surface area contributed by atoms with Gasteiger partial charge in [0.1, 0.15) is 0 Å². The Morgan fingerprint density at radius 3 is 2.35 bits per heavy atom. The van der Waals surface area contributed by atoms with Gasteiger partial charge in [0.25, 0.3) is 0 Å². The van der Waals surface area contributed by atoms with Crippen molar-refractivity contribution in [2.24, 2.45) is 11.8 Å². The van der Waals surface area contributed by atoms with Crippen LogP contribution in [0, 0.1) is 11.8 Å². The van der Waals surface area contributed by atoms with E-state index in [1.165, 1.54) is 56.7 Å². The zero-order chi connectivity index (χ0) is 24.1. The summed E-state index contributed by atoms with van der Waals surface area (Å²) >= 11 is 0. The summed E-state index contributed by atoms with van der Waals surface area (Å²) in [6.07, 6.45) is 13.4. The number of alkyl halides is 2. The number of unbranched alkanes of at least 4 members (excludes halogenated alkanes) is 1. The second-order valence-electron chi connectivity index (χ2n) is 9.24. The molecule has 1 fully saturated rings. The molecule has 0 heterocycles. The number of rotatable bonds is 13. The number of halogens is 2. The Balaban J connectivity index is 1.35. The molecule has 0 unspecified atom stereocenters. The van der Waals surface area contributed by atoms with Crippen LogP contribution < -0.4 is 0 Å². The Morgan fingerprint density at radius 2 is 1.65 bits per heavy atom. The maximum atomic E-state index is 14.4. The largest absolute Gasteiger partial charge is 0.437 e. The van der Waals surface area contributed by atoms with E-state index >= 15 is 0 Å². The van der Waals surface area contributed by atoms with Gasteiger partial charge in [-0.25, -0.2) is 0 Å². The smallest absolute Gasteiger partial charge is 0.426 e. The molecule has 2 nitrogen and oxygen atoms in total. The molecule has 3 rings (SSSR count). The number of ether oxygens (including phenoxy) is 2. The first-order valence-electron chi connectivity index (χ1n) is 12.6. The Hall–Kier alpha value is -2.46. The number of benzene rings is 2. The number of hydrogen-bond acceptors (Lipinski definition) is 2. The summed E-state index contributed by atoms with van der Waals surface area (Å²) in [4.78, 5) is 0. The van der Waals surface area contributed by atoms with Gasteiger partial charge in [0, 0.05) is 0 Å². The molecule has 1 aliphatic carbocycles. The Labute approximate surface area is 203 Å². The fourth-order valence-corrected chi connectivity index (χ4v) is 4.42. The third kappa shape index (κ3) is 9.06. The molecule has 184 valence electrons. The summed E-state index contributed by atoms with van der Waals surface area (Å²) in [7, 11) is 0. The first-order valence-corrected chi connectivity index (χ1v) is 12.6. The highest BCUT2D eigenvalue weighted by Gasteiger charge is 2.32. The Morgan fingerprint density at radius 1 is 0.912 bits per heavy atom. The molecule has 0 N–H and O–H groups in total. The zero-order valence-corrected chi connectivity index (χ0v) is 20.3. The summed E-state index contributed by atoms with van der Waals surface area (Å²) in [6.45, 7) is 2.85. The molecule has 2 aromatic carbocycles. The number of allylic oxidation sites excluding steroid dienone is 2. The molecule has 0 radical (unpaired) electrons. The van der Waals surface area contributed by atoms with Crippen LogP contribution in [0.5, 0.6) is 0 Å². The predicted molar refractivity (Wildman–Crippen MR) is 134 cm³/mol. The molecule has 4 heteroatoms. The third-order valence-electron chi connectivity index (χ3n) is 6.52.